The third-order valence-corrected chi connectivity index (χ3v) is 6.15. The zero-order valence-corrected chi connectivity index (χ0v) is 15.9. The van der Waals surface area contributed by atoms with Gasteiger partial charge in [-0.15, -0.1) is 0 Å². The summed E-state index contributed by atoms with van der Waals surface area (Å²) in [5.41, 5.74) is 2.42. The van der Waals surface area contributed by atoms with Gasteiger partial charge in [0, 0.05) is 5.39 Å². The Labute approximate surface area is 158 Å². The van der Waals surface area contributed by atoms with Crippen LogP contribution in [-0.2, 0) is 10.0 Å². The van der Waals surface area contributed by atoms with Crippen LogP contribution in [0.4, 0.5) is 5.69 Å². The molecule has 0 bridgehead atoms. The van der Waals surface area contributed by atoms with Crippen LogP contribution >= 0.6 is 0 Å². The molecule has 0 atom stereocenters. The van der Waals surface area contributed by atoms with Crippen molar-refractivity contribution in [2.45, 2.75) is 18.7 Å². The SMILES string of the molecule is Cc1nn(-c2ccccc2)c(C)c1S(=O)(=O)Nc1cccc2ccccc12. The molecule has 0 unspecified atom stereocenters. The van der Waals surface area contributed by atoms with E-state index >= 15 is 0 Å². The van der Waals surface area contributed by atoms with Crippen molar-refractivity contribution < 1.29 is 8.42 Å². The second-order valence-electron chi connectivity index (χ2n) is 6.38. The Morgan fingerprint density at radius 3 is 2.30 bits per heavy atom. The van der Waals surface area contributed by atoms with Gasteiger partial charge in [-0.05, 0) is 37.4 Å². The van der Waals surface area contributed by atoms with E-state index < -0.39 is 10.0 Å². The van der Waals surface area contributed by atoms with Gasteiger partial charge in [0.2, 0.25) is 0 Å². The fourth-order valence-electron chi connectivity index (χ4n) is 3.35. The topological polar surface area (TPSA) is 64.0 Å². The molecule has 0 saturated carbocycles. The number of sulfonamides is 1. The summed E-state index contributed by atoms with van der Waals surface area (Å²) in [5, 5.41) is 6.28. The first-order valence-electron chi connectivity index (χ1n) is 8.59. The number of anilines is 1. The fourth-order valence-corrected chi connectivity index (χ4v) is 4.82. The van der Waals surface area contributed by atoms with E-state index in [0.717, 1.165) is 16.5 Å². The lowest BCUT2D eigenvalue weighted by molar-refractivity contribution is 0.600. The lowest BCUT2D eigenvalue weighted by Crippen LogP contribution is -2.15. The zero-order valence-electron chi connectivity index (χ0n) is 15.0. The highest BCUT2D eigenvalue weighted by molar-refractivity contribution is 7.92. The van der Waals surface area contributed by atoms with Gasteiger partial charge in [-0.25, -0.2) is 13.1 Å². The first-order valence-corrected chi connectivity index (χ1v) is 10.1. The number of benzene rings is 3. The monoisotopic (exact) mass is 377 g/mol. The molecule has 0 saturated heterocycles. The van der Waals surface area contributed by atoms with E-state index in [2.05, 4.69) is 9.82 Å². The van der Waals surface area contributed by atoms with Crippen LogP contribution in [0.3, 0.4) is 0 Å². The summed E-state index contributed by atoms with van der Waals surface area (Å²) in [5.74, 6) is 0. The van der Waals surface area contributed by atoms with Gasteiger partial charge in [-0.2, -0.15) is 5.10 Å². The molecular formula is C21H19N3O2S. The molecule has 27 heavy (non-hydrogen) atoms. The maximum absolute atomic E-state index is 13.2. The normalized spacial score (nSPS) is 11.6. The Bertz CT molecular complexity index is 1220. The molecule has 6 heteroatoms. The Morgan fingerprint density at radius 1 is 0.852 bits per heavy atom. The second-order valence-corrected chi connectivity index (χ2v) is 8.00. The molecule has 136 valence electrons. The predicted molar refractivity (Wildman–Crippen MR) is 108 cm³/mol. The molecule has 4 rings (SSSR count). The zero-order chi connectivity index (χ0) is 19.0. The molecule has 0 spiro atoms. The summed E-state index contributed by atoms with van der Waals surface area (Å²) >= 11 is 0. The number of hydrogen-bond donors (Lipinski definition) is 1. The minimum Gasteiger partial charge on any atom is -0.279 e. The van der Waals surface area contributed by atoms with Crippen molar-refractivity contribution >= 4 is 26.5 Å². The van der Waals surface area contributed by atoms with E-state index in [1.807, 2.05) is 66.7 Å². The van der Waals surface area contributed by atoms with Gasteiger partial charge in [0.05, 0.1) is 22.8 Å². The van der Waals surface area contributed by atoms with Crippen molar-refractivity contribution in [3.63, 3.8) is 0 Å². The van der Waals surface area contributed by atoms with Gasteiger partial charge in [0.1, 0.15) is 4.90 Å². The Balaban J connectivity index is 1.80. The molecule has 0 amide bonds. The van der Waals surface area contributed by atoms with Crippen LogP contribution in [0.2, 0.25) is 0 Å². The average molecular weight is 377 g/mol. The van der Waals surface area contributed by atoms with E-state index in [1.165, 1.54) is 0 Å². The maximum Gasteiger partial charge on any atom is 0.265 e. The summed E-state index contributed by atoms with van der Waals surface area (Å²) in [6, 6.07) is 22.7. The summed E-state index contributed by atoms with van der Waals surface area (Å²) in [4.78, 5) is 0.208. The van der Waals surface area contributed by atoms with Crippen LogP contribution in [0.5, 0.6) is 0 Å². The molecule has 1 N–H and O–H groups in total. The van der Waals surface area contributed by atoms with Crippen molar-refractivity contribution in [3.8, 4) is 5.69 Å². The predicted octanol–water partition coefficient (Wildman–Crippen LogP) is 4.44. The second kappa shape index (κ2) is 6.55. The van der Waals surface area contributed by atoms with E-state index in [4.69, 9.17) is 0 Å². The Kier molecular flexibility index (Phi) is 4.20. The van der Waals surface area contributed by atoms with Crippen LogP contribution in [-0.4, -0.2) is 18.2 Å². The van der Waals surface area contributed by atoms with Crippen LogP contribution in [0, 0.1) is 13.8 Å². The third kappa shape index (κ3) is 3.08. The summed E-state index contributed by atoms with van der Waals surface area (Å²) in [6.07, 6.45) is 0. The Hall–Kier alpha value is -3.12. The summed E-state index contributed by atoms with van der Waals surface area (Å²) < 4.78 is 30.7. The number of nitrogens with one attached hydrogen (secondary N) is 1. The average Bonchev–Trinajstić information content (AvgIpc) is 2.97. The van der Waals surface area contributed by atoms with Crippen molar-refractivity contribution in [1.82, 2.24) is 9.78 Å². The van der Waals surface area contributed by atoms with Crippen LogP contribution in [0.25, 0.3) is 16.5 Å². The van der Waals surface area contributed by atoms with Crippen LogP contribution < -0.4 is 4.72 Å². The van der Waals surface area contributed by atoms with E-state index in [9.17, 15) is 8.42 Å². The molecule has 0 radical (unpaired) electrons. The fraction of sp³-hybridized carbons (Fsp3) is 0.0952. The smallest absolute Gasteiger partial charge is 0.265 e. The van der Waals surface area contributed by atoms with Crippen molar-refractivity contribution in [3.05, 3.63) is 84.2 Å². The molecule has 0 aliphatic carbocycles. The largest absolute Gasteiger partial charge is 0.279 e. The quantitative estimate of drug-likeness (QED) is 0.572. The molecule has 4 aromatic rings. The number of aromatic nitrogens is 2. The molecule has 1 heterocycles. The van der Waals surface area contributed by atoms with Gasteiger partial charge in [0.15, 0.2) is 0 Å². The highest BCUT2D eigenvalue weighted by atomic mass is 32.2. The van der Waals surface area contributed by atoms with E-state index in [0.29, 0.717) is 17.1 Å². The molecule has 0 fully saturated rings. The lowest BCUT2D eigenvalue weighted by Gasteiger charge is -2.11. The highest BCUT2D eigenvalue weighted by Crippen LogP contribution is 2.28. The minimum atomic E-state index is -3.79. The highest BCUT2D eigenvalue weighted by Gasteiger charge is 2.25. The van der Waals surface area contributed by atoms with Gasteiger partial charge in [0.25, 0.3) is 10.0 Å². The van der Waals surface area contributed by atoms with Crippen LogP contribution in [0.15, 0.2) is 77.7 Å². The number of aryl methyl sites for hydroxylation is 1. The number of nitrogens with zero attached hydrogens (tertiary/aromatic N) is 2. The molecule has 0 aliphatic heterocycles. The van der Waals surface area contributed by atoms with E-state index in [1.54, 1.807) is 24.6 Å². The minimum absolute atomic E-state index is 0.208. The molecule has 5 nitrogen and oxygen atoms in total. The van der Waals surface area contributed by atoms with Crippen LogP contribution in [0.1, 0.15) is 11.4 Å². The van der Waals surface area contributed by atoms with Crippen molar-refractivity contribution in [2.24, 2.45) is 0 Å². The van der Waals surface area contributed by atoms with Gasteiger partial charge >= 0.3 is 0 Å². The number of fused-ring (bicyclic) bond motifs is 1. The molecule has 0 aliphatic rings. The van der Waals surface area contributed by atoms with Gasteiger partial charge in [-0.1, -0.05) is 54.6 Å². The first kappa shape index (κ1) is 17.3. The maximum atomic E-state index is 13.2. The molecule has 1 aromatic heterocycles. The van der Waals surface area contributed by atoms with E-state index in [-0.39, 0.29) is 4.90 Å². The Morgan fingerprint density at radius 2 is 1.52 bits per heavy atom. The molecule has 3 aromatic carbocycles. The third-order valence-electron chi connectivity index (χ3n) is 4.53. The van der Waals surface area contributed by atoms with Gasteiger partial charge in [-0.3, -0.25) is 4.72 Å². The summed E-state index contributed by atoms with van der Waals surface area (Å²) in [7, 11) is -3.79. The van der Waals surface area contributed by atoms with Crippen molar-refractivity contribution in [2.75, 3.05) is 4.72 Å². The number of hydrogen-bond acceptors (Lipinski definition) is 3. The number of rotatable bonds is 4. The summed E-state index contributed by atoms with van der Waals surface area (Å²) in [6.45, 7) is 3.48. The molecular weight excluding hydrogens is 358 g/mol. The first-order chi connectivity index (χ1) is 13.0. The van der Waals surface area contributed by atoms with Gasteiger partial charge < -0.3 is 0 Å². The number of para-hydroxylation sites is 1. The standard InChI is InChI=1S/C21H19N3O2S/c1-15-21(16(2)24(22-15)18-11-4-3-5-12-18)27(25,26)23-20-14-8-10-17-9-6-7-13-19(17)20/h3-14,23H,1-2H3. The lowest BCUT2D eigenvalue weighted by atomic mass is 10.1. The van der Waals surface area contributed by atoms with Crippen molar-refractivity contribution in [1.29, 1.82) is 0 Å².